The molecule has 1 aliphatic heterocycles. The molecule has 9 heteroatoms. The Hall–Kier alpha value is -3.35. The molecule has 1 saturated heterocycles. The van der Waals surface area contributed by atoms with Crippen LogP contribution in [-0.2, 0) is 0 Å². The van der Waals surface area contributed by atoms with Gasteiger partial charge < -0.3 is 26.8 Å². The first-order valence-electron chi connectivity index (χ1n) is 8.99. The maximum Gasteiger partial charge on any atom is 0.335 e. The van der Waals surface area contributed by atoms with Crippen LogP contribution in [0.2, 0.25) is 0 Å². The molecule has 150 valence electrons. The topological polar surface area (TPSA) is 134 Å². The van der Waals surface area contributed by atoms with E-state index in [0.717, 1.165) is 30.7 Å². The number of carbonyl (C=O) groups excluding carboxylic acids is 2. The number of thiophene rings is 1. The van der Waals surface area contributed by atoms with Gasteiger partial charge in [0.25, 0.3) is 5.91 Å². The number of carboxylic acids is 1. The minimum absolute atomic E-state index is 0.0297. The Kier molecular flexibility index (Phi) is 6.49. The van der Waals surface area contributed by atoms with Gasteiger partial charge in [0.05, 0.1) is 16.1 Å². The molecule has 3 rings (SSSR count). The number of primary amides is 1. The molecule has 1 aromatic heterocycles. The highest BCUT2D eigenvalue weighted by atomic mass is 32.1. The molecule has 0 aliphatic carbocycles. The van der Waals surface area contributed by atoms with Crippen LogP contribution in [0.1, 0.15) is 43.3 Å². The SMILES string of the molecule is NC(=O)Nc1cc(C#Cc2ccc(C(=O)O)cc2)sc1C(=O)NC1CCCNC1. The fourth-order valence-electron chi connectivity index (χ4n) is 2.90. The summed E-state index contributed by atoms with van der Waals surface area (Å²) in [7, 11) is 0. The third-order valence-electron chi connectivity index (χ3n) is 4.29. The van der Waals surface area contributed by atoms with Crippen molar-refractivity contribution in [2.24, 2.45) is 5.73 Å². The summed E-state index contributed by atoms with van der Waals surface area (Å²) >= 11 is 1.16. The van der Waals surface area contributed by atoms with Crippen LogP contribution >= 0.6 is 11.3 Å². The average Bonchev–Trinajstić information content (AvgIpc) is 3.09. The molecule has 0 spiro atoms. The molecule has 6 N–H and O–H groups in total. The zero-order valence-electron chi connectivity index (χ0n) is 15.5. The van der Waals surface area contributed by atoms with E-state index >= 15 is 0 Å². The Bertz CT molecular complexity index is 982. The summed E-state index contributed by atoms with van der Waals surface area (Å²) in [5.74, 6) is 4.57. The molecular weight excluding hydrogens is 392 g/mol. The van der Waals surface area contributed by atoms with E-state index in [0.29, 0.717) is 27.5 Å². The first kappa shape index (κ1) is 20.4. The second kappa shape index (κ2) is 9.23. The van der Waals surface area contributed by atoms with Gasteiger partial charge in [-0.1, -0.05) is 11.8 Å². The zero-order valence-corrected chi connectivity index (χ0v) is 16.3. The van der Waals surface area contributed by atoms with Gasteiger partial charge in [0.1, 0.15) is 4.88 Å². The molecule has 0 bridgehead atoms. The highest BCUT2D eigenvalue weighted by Gasteiger charge is 2.21. The summed E-state index contributed by atoms with van der Waals surface area (Å²) in [5.41, 5.74) is 6.34. The Morgan fingerprint density at radius 2 is 1.97 bits per heavy atom. The molecule has 8 nitrogen and oxygen atoms in total. The van der Waals surface area contributed by atoms with Crippen LogP contribution in [0.3, 0.4) is 0 Å². The predicted octanol–water partition coefficient (Wildman–Crippen LogP) is 1.82. The predicted molar refractivity (Wildman–Crippen MR) is 110 cm³/mol. The van der Waals surface area contributed by atoms with Crippen LogP contribution in [0.15, 0.2) is 30.3 Å². The first-order valence-corrected chi connectivity index (χ1v) is 9.81. The quantitative estimate of drug-likeness (QED) is 0.489. The number of carbonyl (C=O) groups is 3. The van der Waals surface area contributed by atoms with Crippen LogP contribution in [0.5, 0.6) is 0 Å². The van der Waals surface area contributed by atoms with Crippen molar-refractivity contribution in [2.45, 2.75) is 18.9 Å². The van der Waals surface area contributed by atoms with Crippen LogP contribution in [0.4, 0.5) is 10.5 Å². The smallest absolute Gasteiger partial charge is 0.335 e. The molecule has 0 saturated carbocycles. The van der Waals surface area contributed by atoms with Gasteiger partial charge in [0.2, 0.25) is 0 Å². The number of hydrogen-bond donors (Lipinski definition) is 5. The van der Waals surface area contributed by atoms with E-state index in [4.69, 9.17) is 10.8 Å². The molecule has 1 unspecified atom stereocenters. The number of urea groups is 1. The maximum atomic E-state index is 12.7. The van der Waals surface area contributed by atoms with Gasteiger partial charge in [-0.25, -0.2) is 9.59 Å². The summed E-state index contributed by atoms with van der Waals surface area (Å²) in [6.45, 7) is 1.64. The Balaban J connectivity index is 1.80. The summed E-state index contributed by atoms with van der Waals surface area (Å²) in [6.07, 6.45) is 1.88. The monoisotopic (exact) mass is 412 g/mol. The van der Waals surface area contributed by atoms with Gasteiger partial charge in [0.15, 0.2) is 0 Å². The van der Waals surface area contributed by atoms with Crippen molar-refractivity contribution in [3.8, 4) is 11.8 Å². The third kappa shape index (κ3) is 5.57. The minimum Gasteiger partial charge on any atom is -0.478 e. The lowest BCUT2D eigenvalue weighted by Crippen LogP contribution is -2.45. The number of aromatic carboxylic acids is 1. The van der Waals surface area contributed by atoms with Crippen molar-refractivity contribution in [3.05, 3.63) is 51.2 Å². The molecule has 0 radical (unpaired) electrons. The highest BCUT2D eigenvalue weighted by Crippen LogP contribution is 2.27. The fourth-order valence-corrected chi connectivity index (χ4v) is 3.77. The Labute approximate surface area is 171 Å². The van der Waals surface area contributed by atoms with Crippen LogP contribution in [0, 0.1) is 11.8 Å². The highest BCUT2D eigenvalue weighted by molar-refractivity contribution is 7.15. The van der Waals surface area contributed by atoms with Gasteiger partial charge in [-0.3, -0.25) is 4.79 Å². The van der Waals surface area contributed by atoms with Gasteiger partial charge in [-0.15, -0.1) is 11.3 Å². The van der Waals surface area contributed by atoms with Crippen molar-refractivity contribution >= 4 is 34.9 Å². The van der Waals surface area contributed by atoms with E-state index in [2.05, 4.69) is 27.8 Å². The Morgan fingerprint density at radius 1 is 1.21 bits per heavy atom. The van der Waals surface area contributed by atoms with Crippen molar-refractivity contribution < 1.29 is 19.5 Å². The number of anilines is 1. The van der Waals surface area contributed by atoms with Gasteiger partial charge >= 0.3 is 12.0 Å². The molecule has 2 aromatic rings. The van der Waals surface area contributed by atoms with Crippen LogP contribution in [0.25, 0.3) is 0 Å². The van der Waals surface area contributed by atoms with E-state index in [9.17, 15) is 14.4 Å². The molecule has 29 heavy (non-hydrogen) atoms. The summed E-state index contributed by atoms with van der Waals surface area (Å²) in [6, 6.07) is 7.02. The molecule has 1 atom stereocenters. The Morgan fingerprint density at radius 3 is 2.59 bits per heavy atom. The fraction of sp³-hybridized carbons (Fsp3) is 0.250. The van der Waals surface area contributed by atoms with Crippen LogP contribution in [-0.4, -0.2) is 42.1 Å². The van der Waals surface area contributed by atoms with Crippen molar-refractivity contribution in [3.63, 3.8) is 0 Å². The second-order valence-corrected chi connectivity index (χ2v) is 7.54. The van der Waals surface area contributed by atoms with Crippen molar-refractivity contribution in [2.75, 3.05) is 18.4 Å². The number of nitrogens with one attached hydrogen (secondary N) is 3. The van der Waals surface area contributed by atoms with Gasteiger partial charge in [0, 0.05) is 18.2 Å². The number of rotatable bonds is 4. The minimum atomic E-state index is -1.01. The van der Waals surface area contributed by atoms with E-state index in [1.54, 1.807) is 18.2 Å². The van der Waals surface area contributed by atoms with Crippen LogP contribution < -0.4 is 21.7 Å². The number of carboxylic acid groups (broad SMARTS) is 1. The lowest BCUT2D eigenvalue weighted by Gasteiger charge is -2.23. The van der Waals surface area contributed by atoms with E-state index in [1.165, 1.54) is 12.1 Å². The lowest BCUT2D eigenvalue weighted by molar-refractivity contribution is 0.0696. The average molecular weight is 412 g/mol. The number of nitrogens with two attached hydrogens (primary N) is 1. The van der Waals surface area contributed by atoms with E-state index in [1.807, 2.05) is 0 Å². The standard InChI is InChI=1S/C20H20N4O4S/c21-20(28)24-16-10-15(8-5-12-3-6-13(7-4-12)19(26)27)29-17(16)18(25)23-14-2-1-9-22-11-14/h3-4,6-7,10,14,22H,1-2,9,11H2,(H,23,25)(H,26,27)(H3,21,24,28). The molecule has 2 heterocycles. The van der Waals surface area contributed by atoms with Gasteiger partial charge in [-0.05, 0) is 49.7 Å². The molecule has 1 aliphatic rings. The number of benzene rings is 1. The van der Waals surface area contributed by atoms with E-state index in [-0.39, 0.29) is 17.5 Å². The summed E-state index contributed by atoms with van der Waals surface area (Å²) in [5, 5.41) is 17.6. The zero-order chi connectivity index (χ0) is 20.8. The molecule has 3 amide bonds. The summed E-state index contributed by atoms with van der Waals surface area (Å²) in [4.78, 5) is 35.8. The van der Waals surface area contributed by atoms with E-state index < -0.39 is 12.0 Å². The van der Waals surface area contributed by atoms with Gasteiger partial charge in [-0.2, -0.15) is 0 Å². The molecular formula is C20H20N4O4S. The largest absolute Gasteiger partial charge is 0.478 e. The van der Waals surface area contributed by atoms with Crippen molar-refractivity contribution in [1.29, 1.82) is 0 Å². The molecule has 1 fully saturated rings. The normalized spacial score (nSPS) is 15.7. The third-order valence-corrected chi connectivity index (χ3v) is 5.34. The number of hydrogen-bond acceptors (Lipinski definition) is 5. The number of piperidine rings is 1. The maximum absolute atomic E-state index is 12.7. The summed E-state index contributed by atoms with van der Waals surface area (Å²) < 4.78 is 0. The first-order chi connectivity index (χ1) is 13.9. The molecule has 1 aromatic carbocycles. The van der Waals surface area contributed by atoms with Crippen molar-refractivity contribution in [1.82, 2.24) is 10.6 Å². The number of amides is 3. The second-order valence-electron chi connectivity index (χ2n) is 6.49. The lowest BCUT2D eigenvalue weighted by atomic mass is 10.1.